The third kappa shape index (κ3) is 3.29. The van der Waals surface area contributed by atoms with Gasteiger partial charge in [-0.25, -0.2) is 15.0 Å². The molecule has 5 aromatic rings. The lowest BCUT2D eigenvalue weighted by molar-refractivity contribution is -0.117. The predicted molar refractivity (Wildman–Crippen MR) is 126 cm³/mol. The molecule has 3 aromatic heterocycles. The van der Waals surface area contributed by atoms with Crippen molar-refractivity contribution in [1.29, 1.82) is 0 Å². The van der Waals surface area contributed by atoms with Crippen LogP contribution in [0.2, 0.25) is 0 Å². The fourth-order valence-corrected chi connectivity index (χ4v) is 4.94. The highest BCUT2D eigenvalue weighted by atomic mass is 32.1. The molecule has 0 bridgehead atoms. The van der Waals surface area contributed by atoms with E-state index in [9.17, 15) is 4.79 Å². The van der Waals surface area contributed by atoms with Crippen LogP contribution in [0.25, 0.3) is 32.8 Å². The molecule has 158 valence electrons. The molecule has 8 heteroatoms. The third-order valence-electron chi connectivity index (χ3n) is 5.76. The second-order valence-corrected chi connectivity index (χ2v) is 8.64. The average Bonchev–Trinajstić information content (AvgIpc) is 3.58. The summed E-state index contributed by atoms with van der Waals surface area (Å²) in [4.78, 5) is 29.5. The zero-order valence-electron chi connectivity index (χ0n) is 17.1. The molecule has 1 saturated heterocycles. The molecular formula is C24H19N5O2S. The van der Waals surface area contributed by atoms with Crippen LogP contribution in [-0.2, 0) is 4.79 Å². The molecular weight excluding hydrogens is 422 g/mol. The number of rotatable bonds is 4. The van der Waals surface area contributed by atoms with Crippen molar-refractivity contribution < 1.29 is 9.21 Å². The molecule has 0 radical (unpaired) electrons. The maximum absolute atomic E-state index is 13.1. The maximum Gasteiger partial charge on any atom is 0.247 e. The maximum atomic E-state index is 13.1. The van der Waals surface area contributed by atoms with Gasteiger partial charge in [0, 0.05) is 17.8 Å². The second kappa shape index (κ2) is 7.72. The van der Waals surface area contributed by atoms with Crippen LogP contribution in [0, 0.1) is 0 Å². The molecule has 4 heterocycles. The second-order valence-electron chi connectivity index (χ2n) is 7.74. The lowest BCUT2D eigenvalue weighted by atomic mass is 10.1. The minimum atomic E-state index is -0.260. The SMILES string of the molecule is O=C(Nc1ccc(-c2nc3ccccc3o2)cc1)C1CCCN1c1ncnc2sccc12. The van der Waals surface area contributed by atoms with Crippen molar-refractivity contribution in [1.82, 2.24) is 15.0 Å². The number of amides is 1. The van der Waals surface area contributed by atoms with Gasteiger partial charge in [-0.3, -0.25) is 4.79 Å². The van der Waals surface area contributed by atoms with Gasteiger partial charge in [-0.2, -0.15) is 0 Å². The summed E-state index contributed by atoms with van der Waals surface area (Å²) >= 11 is 1.58. The van der Waals surface area contributed by atoms with E-state index < -0.39 is 0 Å². The summed E-state index contributed by atoms with van der Waals surface area (Å²) in [5.74, 6) is 1.37. The van der Waals surface area contributed by atoms with Gasteiger partial charge < -0.3 is 14.6 Å². The fraction of sp³-hybridized carbons (Fsp3) is 0.167. The van der Waals surface area contributed by atoms with Gasteiger partial charge in [0.25, 0.3) is 0 Å². The predicted octanol–water partition coefficient (Wildman–Crippen LogP) is 5.11. The average molecular weight is 442 g/mol. The number of thiophene rings is 1. The Morgan fingerprint density at radius 3 is 2.84 bits per heavy atom. The fourth-order valence-electron chi connectivity index (χ4n) is 4.22. The summed E-state index contributed by atoms with van der Waals surface area (Å²) in [7, 11) is 0. The van der Waals surface area contributed by atoms with E-state index in [0.29, 0.717) is 5.89 Å². The van der Waals surface area contributed by atoms with E-state index in [1.807, 2.05) is 60.0 Å². The number of aromatic nitrogens is 3. The Bertz CT molecular complexity index is 1390. The number of nitrogens with zero attached hydrogens (tertiary/aromatic N) is 4. The number of carbonyl (C=O) groups excluding carboxylic acids is 1. The molecule has 0 saturated carbocycles. The topological polar surface area (TPSA) is 84.2 Å². The minimum absolute atomic E-state index is 0.0286. The Hall–Kier alpha value is -3.78. The van der Waals surface area contributed by atoms with E-state index in [4.69, 9.17) is 4.42 Å². The molecule has 1 fully saturated rings. The highest BCUT2D eigenvalue weighted by Crippen LogP contribution is 2.32. The van der Waals surface area contributed by atoms with E-state index in [2.05, 4.69) is 25.2 Å². The number of nitrogens with one attached hydrogen (secondary N) is 1. The van der Waals surface area contributed by atoms with Crippen LogP contribution in [0.15, 0.2) is 70.7 Å². The first-order valence-electron chi connectivity index (χ1n) is 10.5. The molecule has 0 aliphatic carbocycles. The van der Waals surface area contributed by atoms with Gasteiger partial charge in [-0.15, -0.1) is 11.3 Å². The van der Waals surface area contributed by atoms with Crippen molar-refractivity contribution in [3.8, 4) is 11.5 Å². The molecule has 1 unspecified atom stereocenters. The number of benzene rings is 2. The molecule has 7 nitrogen and oxygen atoms in total. The smallest absolute Gasteiger partial charge is 0.247 e. The third-order valence-corrected chi connectivity index (χ3v) is 6.58. The number of hydrogen-bond donors (Lipinski definition) is 1. The van der Waals surface area contributed by atoms with Crippen molar-refractivity contribution in [2.45, 2.75) is 18.9 Å². The van der Waals surface area contributed by atoms with Crippen molar-refractivity contribution in [3.05, 3.63) is 66.3 Å². The summed E-state index contributed by atoms with van der Waals surface area (Å²) in [6.07, 6.45) is 3.32. The van der Waals surface area contributed by atoms with Crippen LogP contribution in [0.5, 0.6) is 0 Å². The minimum Gasteiger partial charge on any atom is -0.436 e. The quantitative estimate of drug-likeness (QED) is 0.417. The Labute approximate surface area is 187 Å². The van der Waals surface area contributed by atoms with Gasteiger partial charge in [0.1, 0.15) is 28.5 Å². The highest BCUT2D eigenvalue weighted by molar-refractivity contribution is 7.16. The van der Waals surface area contributed by atoms with Crippen LogP contribution in [-0.4, -0.2) is 33.4 Å². The number of anilines is 2. The Morgan fingerprint density at radius 1 is 1.09 bits per heavy atom. The molecule has 32 heavy (non-hydrogen) atoms. The first-order chi connectivity index (χ1) is 15.8. The van der Waals surface area contributed by atoms with Gasteiger partial charge in [0.05, 0.1) is 5.39 Å². The molecule has 1 aliphatic heterocycles. The summed E-state index contributed by atoms with van der Waals surface area (Å²) in [5.41, 5.74) is 3.18. The van der Waals surface area contributed by atoms with Crippen LogP contribution in [0.4, 0.5) is 11.5 Å². The van der Waals surface area contributed by atoms with Gasteiger partial charge in [-0.05, 0) is 60.7 Å². The molecule has 0 spiro atoms. The lowest BCUT2D eigenvalue weighted by Gasteiger charge is -2.25. The molecule has 6 rings (SSSR count). The monoisotopic (exact) mass is 441 g/mol. The van der Waals surface area contributed by atoms with Crippen LogP contribution in [0.1, 0.15) is 12.8 Å². The summed E-state index contributed by atoms with van der Waals surface area (Å²) in [6.45, 7) is 0.802. The Balaban J connectivity index is 1.21. The van der Waals surface area contributed by atoms with Crippen molar-refractivity contribution in [3.63, 3.8) is 0 Å². The van der Waals surface area contributed by atoms with Crippen molar-refractivity contribution in [2.24, 2.45) is 0 Å². The molecule has 1 aliphatic rings. The number of para-hydroxylation sites is 2. The van der Waals surface area contributed by atoms with Crippen molar-refractivity contribution >= 4 is 50.1 Å². The molecule has 2 aromatic carbocycles. The standard InChI is InChI=1S/C24H19N5O2S/c30-22(19-5-3-12-29(19)21-17-11-13-32-24(17)26-14-25-21)27-16-9-7-15(8-10-16)23-28-18-4-1-2-6-20(18)31-23/h1-2,4,6-11,13-14,19H,3,5,12H2,(H,27,30). The summed E-state index contributed by atoms with van der Waals surface area (Å²) in [6, 6.07) is 17.0. The lowest BCUT2D eigenvalue weighted by Crippen LogP contribution is -2.40. The van der Waals surface area contributed by atoms with E-state index >= 15 is 0 Å². The Morgan fingerprint density at radius 2 is 1.97 bits per heavy atom. The van der Waals surface area contributed by atoms with Gasteiger partial charge in [0.2, 0.25) is 11.8 Å². The first kappa shape index (κ1) is 18.9. The number of carbonyl (C=O) groups is 1. The number of fused-ring (bicyclic) bond motifs is 2. The van der Waals surface area contributed by atoms with Gasteiger partial charge in [-0.1, -0.05) is 12.1 Å². The summed E-state index contributed by atoms with van der Waals surface area (Å²) in [5, 5.41) is 6.06. The molecule has 1 N–H and O–H groups in total. The number of hydrogen-bond acceptors (Lipinski definition) is 7. The van der Waals surface area contributed by atoms with E-state index in [1.165, 1.54) is 0 Å². The number of oxazole rings is 1. The summed E-state index contributed by atoms with van der Waals surface area (Å²) < 4.78 is 5.83. The molecule has 1 amide bonds. The normalized spacial score (nSPS) is 16.1. The first-order valence-corrected chi connectivity index (χ1v) is 11.4. The van der Waals surface area contributed by atoms with Crippen molar-refractivity contribution in [2.75, 3.05) is 16.8 Å². The van der Waals surface area contributed by atoms with Gasteiger partial charge in [0.15, 0.2) is 5.58 Å². The zero-order valence-corrected chi connectivity index (χ0v) is 17.9. The van der Waals surface area contributed by atoms with E-state index in [-0.39, 0.29) is 11.9 Å². The van der Waals surface area contributed by atoms with Crippen LogP contribution < -0.4 is 10.2 Å². The Kier molecular flexibility index (Phi) is 4.57. The zero-order chi connectivity index (χ0) is 21.5. The van der Waals surface area contributed by atoms with E-state index in [0.717, 1.165) is 57.8 Å². The largest absolute Gasteiger partial charge is 0.436 e. The van der Waals surface area contributed by atoms with Gasteiger partial charge >= 0.3 is 0 Å². The highest BCUT2D eigenvalue weighted by Gasteiger charge is 2.32. The van der Waals surface area contributed by atoms with Crippen LogP contribution in [0.3, 0.4) is 0 Å². The van der Waals surface area contributed by atoms with Crippen LogP contribution >= 0.6 is 11.3 Å². The molecule has 1 atom stereocenters. The van der Waals surface area contributed by atoms with E-state index in [1.54, 1.807) is 17.7 Å².